The summed E-state index contributed by atoms with van der Waals surface area (Å²) < 4.78 is 5.37. The highest BCUT2D eigenvalue weighted by molar-refractivity contribution is 9.10. The molecule has 1 fully saturated rings. The van der Waals surface area contributed by atoms with E-state index in [4.69, 9.17) is 4.42 Å². The van der Waals surface area contributed by atoms with E-state index in [1.165, 1.54) is 12.8 Å². The van der Waals surface area contributed by atoms with Crippen molar-refractivity contribution in [3.05, 3.63) is 16.8 Å². The molecule has 1 aromatic heterocycles. The van der Waals surface area contributed by atoms with Crippen molar-refractivity contribution in [1.82, 2.24) is 10.3 Å². The lowest BCUT2D eigenvalue weighted by Crippen LogP contribution is -2.26. The van der Waals surface area contributed by atoms with Crippen molar-refractivity contribution in [2.24, 2.45) is 0 Å². The predicted octanol–water partition coefficient (Wildman–Crippen LogP) is 2.25. The average molecular weight is 231 g/mol. The summed E-state index contributed by atoms with van der Waals surface area (Å²) in [7, 11) is 0. The Kier molecular flexibility index (Phi) is 2.46. The summed E-state index contributed by atoms with van der Waals surface area (Å²) in [6.07, 6.45) is 5.48. The topological polar surface area (TPSA) is 38.1 Å². The lowest BCUT2D eigenvalue weighted by molar-refractivity contribution is 0.343. The van der Waals surface area contributed by atoms with E-state index < -0.39 is 0 Å². The molecule has 1 unspecified atom stereocenters. The molecule has 3 nitrogen and oxygen atoms in total. The molecule has 66 valence electrons. The minimum absolute atomic E-state index is 0.373. The Morgan fingerprint density at radius 3 is 3.08 bits per heavy atom. The van der Waals surface area contributed by atoms with Gasteiger partial charge >= 0.3 is 0 Å². The molecule has 0 aliphatic carbocycles. The van der Waals surface area contributed by atoms with Gasteiger partial charge in [0, 0.05) is 15.9 Å². The minimum Gasteiger partial charge on any atom is -0.435 e. The average Bonchev–Trinajstić information content (AvgIpc) is 2.54. The van der Waals surface area contributed by atoms with Crippen LogP contribution in [0.5, 0.6) is 0 Å². The Balaban J connectivity index is 2.08. The van der Waals surface area contributed by atoms with Gasteiger partial charge in [-0.05, 0) is 19.4 Å². The molecule has 1 aliphatic rings. The lowest BCUT2D eigenvalue weighted by atomic mass is 10.0. The Morgan fingerprint density at radius 1 is 1.58 bits per heavy atom. The van der Waals surface area contributed by atoms with Crippen LogP contribution in [0.15, 0.2) is 15.4 Å². The zero-order valence-corrected chi connectivity index (χ0v) is 8.30. The Hall–Kier alpha value is -0.350. The van der Waals surface area contributed by atoms with Crippen molar-refractivity contribution in [2.75, 3.05) is 6.54 Å². The first-order valence-electron chi connectivity index (χ1n) is 4.21. The predicted molar refractivity (Wildman–Crippen MR) is 48.8 cm³/mol. The molecule has 1 aliphatic heterocycles. The van der Waals surface area contributed by atoms with Crippen LogP contribution in [0.1, 0.15) is 31.1 Å². The zero-order valence-electron chi connectivity index (χ0n) is 6.72. The molecular formula is C8H11BrN2O. The fourth-order valence-electron chi connectivity index (χ4n) is 1.52. The Morgan fingerprint density at radius 2 is 2.50 bits per heavy atom. The van der Waals surface area contributed by atoms with E-state index in [2.05, 4.69) is 26.2 Å². The molecular weight excluding hydrogens is 220 g/mol. The molecule has 1 atom stereocenters. The van der Waals surface area contributed by atoms with E-state index >= 15 is 0 Å². The summed E-state index contributed by atoms with van der Waals surface area (Å²) in [5, 5.41) is 3.39. The van der Waals surface area contributed by atoms with Crippen LogP contribution >= 0.6 is 15.9 Å². The minimum atomic E-state index is 0.373. The van der Waals surface area contributed by atoms with Crippen LogP contribution in [0.4, 0.5) is 0 Å². The molecule has 1 N–H and O–H groups in total. The molecule has 1 aromatic rings. The maximum Gasteiger partial charge on any atom is 0.264 e. The van der Waals surface area contributed by atoms with Crippen molar-refractivity contribution < 1.29 is 4.42 Å². The fourth-order valence-corrected chi connectivity index (χ4v) is 1.81. The number of hydrogen-bond acceptors (Lipinski definition) is 3. The van der Waals surface area contributed by atoms with E-state index in [1.54, 1.807) is 6.20 Å². The molecule has 0 radical (unpaired) electrons. The van der Waals surface area contributed by atoms with Crippen LogP contribution in [-0.4, -0.2) is 11.5 Å². The zero-order chi connectivity index (χ0) is 8.39. The maximum absolute atomic E-state index is 5.37. The maximum atomic E-state index is 5.37. The number of rotatable bonds is 1. The number of aromatic nitrogens is 1. The molecule has 0 aromatic carbocycles. The molecule has 0 spiro atoms. The molecule has 2 heterocycles. The number of oxazole rings is 1. The summed E-state index contributed by atoms with van der Waals surface area (Å²) in [4.78, 5) is 4.58. The smallest absolute Gasteiger partial charge is 0.264 e. The molecule has 2 rings (SSSR count). The third kappa shape index (κ3) is 1.69. The summed E-state index contributed by atoms with van der Waals surface area (Å²) in [6.45, 7) is 1.09. The highest BCUT2D eigenvalue weighted by atomic mass is 79.9. The summed E-state index contributed by atoms with van der Waals surface area (Å²) >= 11 is 3.19. The first-order chi connectivity index (χ1) is 5.86. The van der Waals surface area contributed by atoms with Gasteiger partial charge < -0.3 is 9.73 Å². The number of piperidine rings is 1. The third-order valence-electron chi connectivity index (χ3n) is 2.15. The highest BCUT2D eigenvalue weighted by Gasteiger charge is 2.17. The number of halogens is 1. The van der Waals surface area contributed by atoms with Crippen molar-refractivity contribution in [3.8, 4) is 0 Å². The Bertz CT molecular complexity index is 255. The van der Waals surface area contributed by atoms with Crippen molar-refractivity contribution in [2.45, 2.75) is 25.3 Å². The standard InChI is InChI=1S/C8H11BrN2O/c9-8-11-5-7(12-8)6-3-1-2-4-10-6/h5-6,10H,1-4H2. The third-order valence-corrected chi connectivity index (χ3v) is 2.52. The van der Waals surface area contributed by atoms with Crippen LogP contribution < -0.4 is 5.32 Å². The quantitative estimate of drug-likeness (QED) is 0.805. The normalized spacial score (nSPS) is 24.2. The van der Waals surface area contributed by atoms with Gasteiger partial charge in [-0.15, -0.1) is 0 Å². The highest BCUT2D eigenvalue weighted by Crippen LogP contribution is 2.24. The molecule has 4 heteroatoms. The summed E-state index contributed by atoms with van der Waals surface area (Å²) in [5.41, 5.74) is 0. The van der Waals surface area contributed by atoms with E-state index in [0.29, 0.717) is 10.8 Å². The van der Waals surface area contributed by atoms with Gasteiger partial charge in [0.2, 0.25) is 0 Å². The number of nitrogens with zero attached hydrogens (tertiary/aromatic N) is 1. The monoisotopic (exact) mass is 230 g/mol. The van der Waals surface area contributed by atoms with Crippen molar-refractivity contribution in [1.29, 1.82) is 0 Å². The molecule has 12 heavy (non-hydrogen) atoms. The Labute approximate surface area is 79.7 Å². The van der Waals surface area contributed by atoms with Crippen LogP contribution in [0.3, 0.4) is 0 Å². The first kappa shape index (κ1) is 8.26. The lowest BCUT2D eigenvalue weighted by Gasteiger charge is -2.20. The van der Waals surface area contributed by atoms with E-state index in [1.807, 2.05) is 0 Å². The van der Waals surface area contributed by atoms with E-state index in [-0.39, 0.29) is 0 Å². The van der Waals surface area contributed by atoms with Crippen molar-refractivity contribution >= 4 is 15.9 Å². The van der Waals surface area contributed by atoms with E-state index in [0.717, 1.165) is 18.7 Å². The van der Waals surface area contributed by atoms with Crippen LogP contribution in [-0.2, 0) is 0 Å². The number of hydrogen-bond donors (Lipinski definition) is 1. The van der Waals surface area contributed by atoms with Gasteiger partial charge in [-0.1, -0.05) is 6.42 Å². The van der Waals surface area contributed by atoms with Crippen LogP contribution in [0, 0.1) is 0 Å². The van der Waals surface area contributed by atoms with Crippen LogP contribution in [0.25, 0.3) is 0 Å². The summed E-state index contributed by atoms with van der Waals surface area (Å²) in [6, 6.07) is 0.373. The van der Waals surface area contributed by atoms with Gasteiger partial charge in [-0.25, -0.2) is 4.98 Å². The van der Waals surface area contributed by atoms with Gasteiger partial charge in [-0.3, -0.25) is 0 Å². The molecule has 0 amide bonds. The molecule has 0 saturated carbocycles. The first-order valence-corrected chi connectivity index (χ1v) is 5.00. The molecule has 0 bridgehead atoms. The van der Waals surface area contributed by atoms with Gasteiger partial charge in [0.05, 0.1) is 12.2 Å². The second-order valence-electron chi connectivity index (χ2n) is 3.02. The largest absolute Gasteiger partial charge is 0.435 e. The van der Waals surface area contributed by atoms with Gasteiger partial charge in [0.25, 0.3) is 4.80 Å². The SMILES string of the molecule is Brc1ncc(C2CCCCN2)o1. The second-order valence-corrected chi connectivity index (χ2v) is 3.70. The van der Waals surface area contributed by atoms with Gasteiger partial charge in [0.15, 0.2) is 0 Å². The fraction of sp³-hybridized carbons (Fsp3) is 0.625. The van der Waals surface area contributed by atoms with Crippen LogP contribution in [0.2, 0.25) is 0 Å². The van der Waals surface area contributed by atoms with Gasteiger partial charge in [0.1, 0.15) is 5.76 Å². The second kappa shape index (κ2) is 3.58. The number of nitrogens with one attached hydrogen (secondary N) is 1. The molecule has 1 saturated heterocycles. The van der Waals surface area contributed by atoms with Crippen molar-refractivity contribution in [3.63, 3.8) is 0 Å². The van der Waals surface area contributed by atoms with Gasteiger partial charge in [-0.2, -0.15) is 0 Å². The van der Waals surface area contributed by atoms with E-state index in [9.17, 15) is 0 Å². The summed E-state index contributed by atoms with van der Waals surface area (Å²) in [5.74, 6) is 0.946.